The van der Waals surface area contributed by atoms with Gasteiger partial charge in [0.1, 0.15) is 5.75 Å². The fraction of sp³-hybridized carbons (Fsp3) is 0.211. The van der Waals surface area contributed by atoms with E-state index in [-0.39, 0.29) is 17.3 Å². The molecule has 1 aromatic heterocycles. The van der Waals surface area contributed by atoms with Crippen LogP contribution in [0, 0.1) is 17.0 Å². The van der Waals surface area contributed by atoms with Gasteiger partial charge in [0.25, 0.3) is 5.69 Å². The van der Waals surface area contributed by atoms with Crippen molar-refractivity contribution in [1.29, 1.82) is 0 Å². The van der Waals surface area contributed by atoms with Crippen molar-refractivity contribution in [3.63, 3.8) is 0 Å². The number of nitro groups is 1. The Morgan fingerprint density at radius 1 is 1.23 bits per heavy atom. The number of carbonyl (C=O) groups excluding carboxylic acids is 1. The molecule has 1 amide bonds. The summed E-state index contributed by atoms with van der Waals surface area (Å²) in [7, 11) is 1.43. The standard InChI is InChI=1S/C19H19N5O4S2/c1-11-6-4-5-7-14(11)21-18-22-23-19(30-18)29-12(2)17(25)20-15-10-13(24(26)27)8-9-16(15)28-3/h4-10,12H,1-3H3,(H,20,25)(H,21,22)/t12-/m0/s1. The summed E-state index contributed by atoms with van der Waals surface area (Å²) in [5.41, 5.74) is 2.13. The van der Waals surface area contributed by atoms with Gasteiger partial charge >= 0.3 is 0 Å². The fourth-order valence-electron chi connectivity index (χ4n) is 2.48. The highest BCUT2D eigenvalue weighted by molar-refractivity contribution is 8.02. The minimum atomic E-state index is -0.530. The summed E-state index contributed by atoms with van der Waals surface area (Å²) in [6, 6.07) is 11.9. The Labute approximate surface area is 181 Å². The maximum absolute atomic E-state index is 12.6. The number of nitrogens with zero attached hydrogens (tertiary/aromatic N) is 3. The molecule has 1 atom stereocenters. The summed E-state index contributed by atoms with van der Waals surface area (Å²) >= 11 is 2.59. The van der Waals surface area contributed by atoms with Crippen molar-refractivity contribution < 1.29 is 14.5 Å². The lowest BCUT2D eigenvalue weighted by Crippen LogP contribution is -2.22. The van der Waals surface area contributed by atoms with Gasteiger partial charge in [0, 0.05) is 17.8 Å². The SMILES string of the molecule is COc1ccc([N+](=O)[O-])cc1NC(=O)[C@H](C)Sc1nnc(Nc2ccccc2C)s1. The molecule has 2 N–H and O–H groups in total. The predicted octanol–water partition coefficient (Wildman–Crippen LogP) is 4.63. The molecule has 156 valence electrons. The molecule has 0 saturated heterocycles. The number of carbonyl (C=O) groups is 1. The summed E-state index contributed by atoms with van der Waals surface area (Å²) in [5, 5.41) is 25.2. The summed E-state index contributed by atoms with van der Waals surface area (Å²) in [6.07, 6.45) is 0. The van der Waals surface area contributed by atoms with E-state index in [0.29, 0.717) is 15.2 Å². The molecule has 0 aliphatic carbocycles. The first-order chi connectivity index (χ1) is 14.4. The van der Waals surface area contributed by atoms with Gasteiger partial charge in [-0.2, -0.15) is 0 Å². The number of nitro benzene ring substituents is 1. The van der Waals surface area contributed by atoms with Crippen LogP contribution in [0.4, 0.5) is 22.2 Å². The minimum absolute atomic E-state index is 0.137. The molecule has 9 nitrogen and oxygen atoms in total. The molecule has 0 bridgehead atoms. The van der Waals surface area contributed by atoms with E-state index in [1.54, 1.807) is 6.92 Å². The number of non-ortho nitro benzene ring substituents is 1. The van der Waals surface area contributed by atoms with Gasteiger partial charge in [-0.25, -0.2) is 0 Å². The van der Waals surface area contributed by atoms with E-state index >= 15 is 0 Å². The maximum atomic E-state index is 12.6. The van der Waals surface area contributed by atoms with E-state index in [4.69, 9.17) is 4.74 Å². The molecule has 0 fully saturated rings. The predicted molar refractivity (Wildman–Crippen MR) is 118 cm³/mol. The highest BCUT2D eigenvalue weighted by Crippen LogP contribution is 2.33. The van der Waals surface area contributed by atoms with Gasteiger partial charge in [0.05, 0.1) is 23.0 Å². The smallest absolute Gasteiger partial charge is 0.271 e. The van der Waals surface area contributed by atoms with Crippen molar-refractivity contribution in [2.24, 2.45) is 0 Å². The minimum Gasteiger partial charge on any atom is -0.495 e. The Hall–Kier alpha value is -3.18. The van der Waals surface area contributed by atoms with Gasteiger partial charge in [-0.1, -0.05) is 41.3 Å². The topological polar surface area (TPSA) is 119 Å². The van der Waals surface area contributed by atoms with Crippen molar-refractivity contribution in [3.8, 4) is 5.75 Å². The van der Waals surface area contributed by atoms with Crippen molar-refractivity contribution in [1.82, 2.24) is 10.2 Å². The Balaban J connectivity index is 1.65. The van der Waals surface area contributed by atoms with Gasteiger partial charge in [-0.05, 0) is 31.5 Å². The monoisotopic (exact) mass is 445 g/mol. The lowest BCUT2D eigenvalue weighted by molar-refractivity contribution is -0.384. The molecule has 0 spiro atoms. The van der Waals surface area contributed by atoms with E-state index in [1.807, 2.05) is 31.2 Å². The van der Waals surface area contributed by atoms with Gasteiger partial charge in [0.2, 0.25) is 11.0 Å². The van der Waals surface area contributed by atoms with Crippen LogP contribution in [0.2, 0.25) is 0 Å². The normalized spacial score (nSPS) is 11.6. The Bertz CT molecular complexity index is 1070. The van der Waals surface area contributed by atoms with Crippen LogP contribution in [0.3, 0.4) is 0 Å². The first kappa shape index (κ1) is 21.5. The highest BCUT2D eigenvalue weighted by atomic mass is 32.2. The first-order valence-corrected chi connectivity index (χ1v) is 10.5. The Morgan fingerprint density at radius 3 is 2.70 bits per heavy atom. The van der Waals surface area contributed by atoms with Crippen LogP contribution in [-0.4, -0.2) is 33.4 Å². The summed E-state index contributed by atoms with van der Waals surface area (Å²) in [6.45, 7) is 3.72. The second kappa shape index (κ2) is 9.55. The lowest BCUT2D eigenvalue weighted by atomic mass is 10.2. The van der Waals surface area contributed by atoms with Gasteiger partial charge in [0.15, 0.2) is 4.34 Å². The number of hydrogen-bond acceptors (Lipinski definition) is 9. The number of benzene rings is 2. The fourth-order valence-corrected chi connectivity index (χ4v) is 4.39. The molecule has 0 unspecified atom stereocenters. The number of para-hydroxylation sites is 1. The molecule has 11 heteroatoms. The highest BCUT2D eigenvalue weighted by Gasteiger charge is 2.20. The third-order valence-electron chi connectivity index (χ3n) is 4.09. The van der Waals surface area contributed by atoms with Crippen LogP contribution >= 0.6 is 23.1 Å². The molecule has 0 radical (unpaired) electrons. The maximum Gasteiger partial charge on any atom is 0.271 e. The average molecular weight is 446 g/mol. The van der Waals surface area contributed by atoms with Gasteiger partial charge in [-0.3, -0.25) is 14.9 Å². The molecular weight excluding hydrogens is 426 g/mol. The lowest BCUT2D eigenvalue weighted by Gasteiger charge is -2.13. The number of ether oxygens (including phenoxy) is 1. The van der Waals surface area contributed by atoms with Crippen molar-refractivity contribution in [3.05, 3.63) is 58.1 Å². The van der Waals surface area contributed by atoms with Crippen LogP contribution < -0.4 is 15.4 Å². The zero-order chi connectivity index (χ0) is 21.7. The zero-order valence-corrected chi connectivity index (χ0v) is 18.0. The van der Waals surface area contributed by atoms with Crippen molar-refractivity contribution in [2.45, 2.75) is 23.4 Å². The first-order valence-electron chi connectivity index (χ1n) is 8.83. The number of aromatic nitrogens is 2. The number of anilines is 3. The van der Waals surface area contributed by atoms with E-state index in [9.17, 15) is 14.9 Å². The molecule has 0 saturated carbocycles. The molecule has 0 aliphatic rings. The Morgan fingerprint density at radius 2 is 2.00 bits per heavy atom. The number of rotatable bonds is 8. The summed E-state index contributed by atoms with van der Waals surface area (Å²) in [4.78, 5) is 23.1. The zero-order valence-electron chi connectivity index (χ0n) is 16.4. The summed E-state index contributed by atoms with van der Waals surface area (Å²) in [5.74, 6) is 0.00851. The van der Waals surface area contributed by atoms with Crippen LogP contribution in [0.1, 0.15) is 12.5 Å². The number of hydrogen-bond donors (Lipinski definition) is 2. The van der Waals surface area contributed by atoms with Gasteiger partial charge in [-0.15, -0.1) is 10.2 Å². The van der Waals surface area contributed by atoms with Gasteiger partial charge < -0.3 is 15.4 Å². The Kier molecular flexibility index (Phi) is 6.85. The second-order valence-corrected chi connectivity index (χ2v) is 8.77. The third-order valence-corrected chi connectivity index (χ3v) is 6.11. The van der Waals surface area contributed by atoms with Crippen LogP contribution in [0.25, 0.3) is 0 Å². The number of nitrogens with one attached hydrogen (secondary N) is 2. The van der Waals surface area contributed by atoms with E-state index in [1.165, 1.54) is 48.4 Å². The van der Waals surface area contributed by atoms with E-state index in [2.05, 4.69) is 20.8 Å². The molecular formula is C19H19N5O4S2. The molecule has 3 rings (SSSR count). The second-order valence-electron chi connectivity index (χ2n) is 6.20. The number of aryl methyl sites for hydroxylation is 1. The third kappa shape index (κ3) is 5.24. The number of amides is 1. The quantitative estimate of drug-likeness (QED) is 0.293. The molecule has 30 heavy (non-hydrogen) atoms. The van der Waals surface area contributed by atoms with Crippen molar-refractivity contribution >= 4 is 51.2 Å². The largest absolute Gasteiger partial charge is 0.495 e. The number of thioether (sulfide) groups is 1. The van der Waals surface area contributed by atoms with Crippen LogP contribution in [0.5, 0.6) is 5.75 Å². The van der Waals surface area contributed by atoms with Crippen LogP contribution in [0.15, 0.2) is 46.8 Å². The summed E-state index contributed by atoms with van der Waals surface area (Å²) < 4.78 is 5.80. The molecule has 3 aromatic rings. The molecule has 2 aromatic carbocycles. The average Bonchev–Trinajstić information content (AvgIpc) is 3.16. The van der Waals surface area contributed by atoms with E-state index in [0.717, 1.165) is 11.3 Å². The van der Waals surface area contributed by atoms with E-state index < -0.39 is 10.2 Å². The molecule has 0 aliphatic heterocycles. The van der Waals surface area contributed by atoms with Crippen molar-refractivity contribution in [2.75, 3.05) is 17.7 Å². The number of methoxy groups -OCH3 is 1. The molecule has 1 heterocycles. The van der Waals surface area contributed by atoms with Crippen LogP contribution in [-0.2, 0) is 4.79 Å².